The van der Waals surface area contributed by atoms with Crippen LogP contribution in [0.2, 0.25) is 5.15 Å². The Morgan fingerprint density at radius 3 is 3.08 bits per heavy atom. The van der Waals surface area contributed by atoms with Gasteiger partial charge in [0.15, 0.2) is 14.9 Å². The average Bonchev–Trinajstić information content (AvgIpc) is 2.39. The molecule has 2 aromatic rings. The molecule has 0 spiro atoms. The van der Waals surface area contributed by atoms with E-state index in [0.717, 1.165) is 0 Å². The van der Waals surface area contributed by atoms with E-state index in [2.05, 4.69) is 25.9 Å². The lowest BCUT2D eigenvalue weighted by Gasteiger charge is -1.91. The lowest BCUT2D eigenvalue weighted by Crippen LogP contribution is -1.81. The van der Waals surface area contributed by atoms with E-state index in [1.165, 1.54) is 17.5 Å². The number of pyridine rings is 1. The van der Waals surface area contributed by atoms with Crippen LogP contribution in [0.3, 0.4) is 0 Å². The normalized spacial score (nSPS) is 10.9. The van der Waals surface area contributed by atoms with Crippen LogP contribution in [0.15, 0.2) is 10.1 Å². The Labute approximate surface area is 84.5 Å². The van der Waals surface area contributed by atoms with Crippen molar-refractivity contribution in [1.29, 1.82) is 0 Å². The van der Waals surface area contributed by atoms with E-state index in [9.17, 15) is 4.39 Å². The number of hydrogen-bond donors (Lipinski definition) is 0. The van der Waals surface area contributed by atoms with Gasteiger partial charge in [0, 0.05) is 0 Å². The SMILES string of the molecule is Fc1c(Cl)ncc2nc(Br)sc12. The summed E-state index contributed by atoms with van der Waals surface area (Å²) in [7, 11) is 0. The Balaban J connectivity index is 2.89. The highest BCUT2D eigenvalue weighted by Gasteiger charge is 2.10. The third kappa shape index (κ3) is 1.22. The second-order valence-corrected chi connectivity index (χ2v) is 4.68. The van der Waals surface area contributed by atoms with E-state index >= 15 is 0 Å². The zero-order valence-electron chi connectivity index (χ0n) is 5.51. The predicted molar refractivity (Wildman–Crippen MR) is 50.1 cm³/mol. The van der Waals surface area contributed by atoms with Crippen molar-refractivity contribution in [2.24, 2.45) is 0 Å². The molecule has 0 fully saturated rings. The molecular formula is C6HBrClFN2S. The number of fused-ring (bicyclic) bond motifs is 1. The molecular weight excluding hydrogens is 267 g/mol. The van der Waals surface area contributed by atoms with Crippen LogP contribution in [0.25, 0.3) is 10.2 Å². The monoisotopic (exact) mass is 266 g/mol. The molecule has 2 rings (SSSR count). The molecule has 0 aliphatic heterocycles. The molecule has 2 aromatic heterocycles. The lowest BCUT2D eigenvalue weighted by atomic mass is 10.4. The van der Waals surface area contributed by atoms with Crippen LogP contribution < -0.4 is 0 Å². The number of rotatable bonds is 0. The van der Waals surface area contributed by atoms with E-state index in [1.54, 1.807) is 0 Å². The maximum absolute atomic E-state index is 13.2. The fourth-order valence-corrected chi connectivity index (χ4v) is 2.40. The molecule has 0 atom stereocenters. The third-order valence-corrected chi connectivity index (χ3v) is 3.09. The summed E-state index contributed by atoms with van der Waals surface area (Å²) in [6.45, 7) is 0. The smallest absolute Gasteiger partial charge is 0.179 e. The fraction of sp³-hybridized carbons (Fsp3) is 0. The summed E-state index contributed by atoms with van der Waals surface area (Å²) in [5.41, 5.74) is 0.522. The summed E-state index contributed by atoms with van der Waals surface area (Å²) < 4.78 is 14.2. The maximum Gasteiger partial charge on any atom is 0.179 e. The molecule has 0 saturated carbocycles. The first-order chi connectivity index (χ1) is 5.68. The largest absolute Gasteiger partial charge is 0.239 e. The molecule has 12 heavy (non-hydrogen) atoms. The highest BCUT2D eigenvalue weighted by molar-refractivity contribution is 9.11. The Kier molecular flexibility index (Phi) is 2.02. The summed E-state index contributed by atoms with van der Waals surface area (Å²) in [6.07, 6.45) is 1.45. The standard InChI is InChI=1S/C6HBrClFN2S/c7-6-11-2-1-10-5(8)3(9)4(2)12-6/h1H. The number of aromatic nitrogens is 2. The Hall–Kier alpha value is -0.260. The molecule has 0 saturated heterocycles. The van der Waals surface area contributed by atoms with Gasteiger partial charge in [-0.2, -0.15) is 0 Å². The minimum Gasteiger partial charge on any atom is -0.239 e. The van der Waals surface area contributed by atoms with Gasteiger partial charge in [0.25, 0.3) is 0 Å². The van der Waals surface area contributed by atoms with Crippen LogP contribution in [-0.2, 0) is 0 Å². The number of thiazole rings is 1. The predicted octanol–water partition coefficient (Wildman–Crippen LogP) is 3.25. The zero-order valence-corrected chi connectivity index (χ0v) is 8.67. The molecule has 2 heterocycles. The summed E-state index contributed by atoms with van der Waals surface area (Å²) in [6, 6.07) is 0. The summed E-state index contributed by atoms with van der Waals surface area (Å²) in [4.78, 5) is 7.62. The van der Waals surface area contributed by atoms with Gasteiger partial charge in [-0.1, -0.05) is 11.6 Å². The topological polar surface area (TPSA) is 25.8 Å². The quantitative estimate of drug-likeness (QED) is 0.685. The van der Waals surface area contributed by atoms with E-state index in [1.807, 2.05) is 0 Å². The van der Waals surface area contributed by atoms with E-state index in [0.29, 0.717) is 14.1 Å². The Morgan fingerprint density at radius 1 is 1.58 bits per heavy atom. The average molecular weight is 268 g/mol. The van der Waals surface area contributed by atoms with Crippen molar-refractivity contribution >= 4 is 49.1 Å². The first-order valence-electron chi connectivity index (χ1n) is 2.94. The summed E-state index contributed by atoms with van der Waals surface area (Å²) in [5.74, 6) is -0.502. The van der Waals surface area contributed by atoms with Crippen molar-refractivity contribution in [2.45, 2.75) is 0 Å². The van der Waals surface area contributed by atoms with Crippen molar-refractivity contribution in [3.8, 4) is 0 Å². The third-order valence-electron chi connectivity index (χ3n) is 1.31. The van der Waals surface area contributed by atoms with Crippen LogP contribution >= 0.6 is 38.9 Å². The zero-order chi connectivity index (χ0) is 8.72. The molecule has 62 valence electrons. The van der Waals surface area contributed by atoms with E-state index in [4.69, 9.17) is 11.6 Å². The van der Waals surface area contributed by atoms with Crippen LogP contribution in [0.4, 0.5) is 4.39 Å². The van der Waals surface area contributed by atoms with Gasteiger partial charge in [0.05, 0.1) is 10.9 Å². The first-order valence-corrected chi connectivity index (χ1v) is 4.93. The van der Waals surface area contributed by atoms with Crippen LogP contribution in [0.5, 0.6) is 0 Å². The lowest BCUT2D eigenvalue weighted by molar-refractivity contribution is 0.636. The molecule has 0 aliphatic rings. The van der Waals surface area contributed by atoms with Crippen LogP contribution in [-0.4, -0.2) is 9.97 Å². The van der Waals surface area contributed by atoms with Gasteiger partial charge in [0.2, 0.25) is 0 Å². The molecule has 6 heteroatoms. The molecule has 0 unspecified atom stereocenters. The molecule has 0 aromatic carbocycles. The van der Waals surface area contributed by atoms with Gasteiger partial charge >= 0.3 is 0 Å². The second kappa shape index (κ2) is 2.90. The Morgan fingerprint density at radius 2 is 2.33 bits per heavy atom. The molecule has 2 nitrogen and oxygen atoms in total. The number of hydrogen-bond acceptors (Lipinski definition) is 3. The van der Waals surface area contributed by atoms with Gasteiger partial charge < -0.3 is 0 Å². The Bertz CT molecular complexity index is 444. The van der Waals surface area contributed by atoms with Crippen molar-refractivity contribution in [2.75, 3.05) is 0 Å². The highest BCUT2D eigenvalue weighted by atomic mass is 79.9. The number of nitrogens with zero attached hydrogens (tertiary/aromatic N) is 2. The van der Waals surface area contributed by atoms with Gasteiger partial charge in [-0.05, 0) is 15.9 Å². The highest BCUT2D eigenvalue weighted by Crippen LogP contribution is 2.30. The minimum atomic E-state index is -0.502. The van der Waals surface area contributed by atoms with Gasteiger partial charge in [-0.25, -0.2) is 14.4 Å². The van der Waals surface area contributed by atoms with Crippen molar-refractivity contribution < 1.29 is 4.39 Å². The molecule has 0 N–H and O–H groups in total. The van der Waals surface area contributed by atoms with Crippen LogP contribution in [0, 0.1) is 5.82 Å². The van der Waals surface area contributed by atoms with Gasteiger partial charge in [-0.15, -0.1) is 11.3 Å². The summed E-state index contributed by atoms with van der Waals surface area (Å²) in [5, 5.41) is -0.112. The molecule has 0 radical (unpaired) electrons. The fourth-order valence-electron chi connectivity index (χ4n) is 0.818. The van der Waals surface area contributed by atoms with E-state index in [-0.39, 0.29) is 5.15 Å². The first kappa shape index (κ1) is 8.34. The van der Waals surface area contributed by atoms with Crippen LogP contribution in [0.1, 0.15) is 0 Å². The van der Waals surface area contributed by atoms with Crippen molar-refractivity contribution in [3.05, 3.63) is 21.1 Å². The number of halogens is 3. The minimum absolute atomic E-state index is 0.112. The molecule has 0 amide bonds. The summed E-state index contributed by atoms with van der Waals surface area (Å²) >= 11 is 9.83. The van der Waals surface area contributed by atoms with Crippen molar-refractivity contribution in [1.82, 2.24) is 9.97 Å². The van der Waals surface area contributed by atoms with Crippen molar-refractivity contribution in [3.63, 3.8) is 0 Å². The van der Waals surface area contributed by atoms with Gasteiger partial charge in [0.1, 0.15) is 5.52 Å². The second-order valence-electron chi connectivity index (χ2n) is 2.04. The molecule has 0 bridgehead atoms. The van der Waals surface area contributed by atoms with Gasteiger partial charge in [-0.3, -0.25) is 0 Å². The maximum atomic E-state index is 13.2. The van der Waals surface area contributed by atoms with E-state index < -0.39 is 5.82 Å². The molecule has 0 aliphatic carbocycles.